The number of aromatic nitrogens is 2. The fraction of sp³-hybridized carbons (Fsp3) is 0.308. The number of hydrogen-bond donors (Lipinski definition) is 2. The van der Waals surface area contributed by atoms with Crippen molar-refractivity contribution in [3.8, 4) is 0 Å². The van der Waals surface area contributed by atoms with Gasteiger partial charge in [0.25, 0.3) is 0 Å². The van der Waals surface area contributed by atoms with E-state index in [1.807, 2.05) is 23.9 Å². The van der Waals surface area contributed by atoms with Gasteiger partial charge < -0.3 is 0 Å². The van der Waals surface area contributed by atoms with Gasteiger partial charge in [-0.25, -0.2) is 4.39 Å². The van der Waals surface area contributed by atoms with E-state index in [2.05, 4.69) is 10.5 Å². The number of aryl methyl sites for hydroxylation is 1. The highest BCUT2D eigenvalue weighted by atomic mass is 32.2. The molecule has 2 aromatic rings. The summed E-state index contributed by atoms with van der Waals surface area (Å²) in [4.78, 5) is 0.892. The van der Waals surface area contributed by atoms with Gasteiger partial charge >= 0.3 is 0 Å². The van der Waals surface area contributed by atoms with Crippen LogP contribution < -0.4 is 11.3 Å². The predicted octanol–water partition coefficient (Wildman–Crippen LogP) is 2.34. The minimum Gasteiger partial charge on any atom is -0.273 e. The molecule has 1 heterocycles. The molecule has 0 spiro atoms. The second kappa shape index (κ2) is 6.70. The van der Waals surface area contributed by atoms with Gasteiger partial charge in [-0.15, -0.1) is 11.8 Å². The number of nitrogens with zero attached hydrogens (tertiary/aromatic N) is 2. The van der Waals surface area contributed by atoms with Gasteiger partial charge in [0.15, 0.2) is 0 Å². The Bertz CT molecular complexity index is 529. The van der Waals surface area contributed by atoms with Gasteiger partial charge in [0, 0.05) is 29.0 Å². The Morgan fingerprint density at radius 1 is 1.53 bits per heavy atom. The summed E-state index contributed by atoms with van der Waals surface area (Å²) in [5, 5.41) is 4.22. The van der Waals surface area contributed by atoms with E-state index in [4.69, 9.17) is 5.84 Å². The third-order valence-corrected chi connectivity index (χ3v) is 3.88. The van der Waals surface area contributed by atoms with Crippen LogP contribution in [0.4, 0.5) is 4.39 Å². The topological polar surface area (TPSA) is 55.9 Å². The van der Waals surface area contributed by atoms with Crippen molar-refractivity contribution in [2.75, 3.05) is 5.75 Å². The highest BCUT2D eigenvalue weighted by Gasteiger charge is 2.12. The number of rotatable bonds is 6. The molecule has 0 aliphatic heterocycles. The van der Waals surface area contributed by atoms with Crippen LogP contribution >= 0.6 is 11.8 Å². The van der Waals surface area contributed by atoms with Gasteiger partial charge in [-0.1, -0.05) is 6.07 Å². The molecule has 0 aliphatic rings. The molecular weight excluding hydrogens is 263 g/mol. The van der Waals surface area contributed by atoms with Crippen LogP contribution in [-0.4, -0.2) is 15.5 Å². The van der Waals surface area contributed by atoms with Crippen molar-refractivity contribution >= 4 is 11.8 Å². The molecule has 1 unspecified atom stereocenters. The Hall–Kier alpha value is -1.37. The first-order valence-corrected chi connectivity index (χ1v) is 7.08. The highest BCUT2D eigenvalue weighted by molar-refractivity contribution is 7.99. The monoisotopic (exact) mass is 280 g/mol. The van der Waals surface area contributed by atoms with Crippen molar-refractivity contribution in [3.63, 3.8) is 0 Å². The molecule has 1 atom stereocenters. The number of nitrogens with one attached hydrogen (secondary N) is 1. The third-order valence-electron chi connectivity index (χ3n) is 2.79. The van der Waals surface area contributed by atoms with Crippen LogP contribution in [0, 0.1) is 5.82 Å². The van der Waals surface area contributed by atoms with Gasteiger partial charge in [0.1, 0.15) is 5.82 Å². The van der Waals surface area contributed by atoms with E-state index in [0.717, 1.165) is 22.8 Å². The van der Waals surface area contributed by atoms with Crippen molar-refractivity contribution in [2.24, 2.45) is 5.84 Å². The molecule has 4 nitrogen and oxygen atoms in total. The molecule has 3 N–H and O–H groups in total. The third kappa shape index (κ3) is 3.79. The fourth-order valence-corrected chi connectivity index (χ4v) is 2.73. The zero-order valence-electron chi connectivity index (χ0n) is 10.7. The Morgan fingerprint density at radius 3 is 3.00 bits per heavy atom. The molecular formula is C13H17FN4S. The zero-order chi connectivity index (χ0) is 13.7. The van der Waals surface area contributed by atoms with Crippen molar-refractivity contribution in [3.05, 3.63) is 48.0 Å². The Labute approximate surface area is 116 Å². The molecule has 0 bridgehead atoms. The summed E-state index contributed by atoms with van der Waals surface area (Å²) >= 11 is 1.56. The normalized spacial score (nSPS) is 12.6. The van der Waals surface area contributed by atoms with Crippen LogP contribution in [0.25, 0.3) is 0 Å². The number of halogens is 1. The van der Waals surface area contributed by atoms with Gasteiger partial charge in [-0.3, -0.25) is 16.0 Å². The number of hydrazine groups is 1. The standard InChI is InChI=1S/C13H17FN4S/c1-2-18-8-10(7-16-18)13(17-15)9-19-12-5-3-4-11(14)6-12/h3-8,13,17H,2,9,15H2,1H3. The summed E-state index contributed by atoms with van der Waals surface area (Å²) < 4.78 is 14.9. The highest BCUT2D eigenvalue weighted by Crippen LogP contribution is 2.24. The lowest BCUT2D eigenvalue weighted by atomic mass is 10.2. The van der Waals surface area contributed by atoms with Crippen LogP contribution in [0.5, 0.6) is 0 Å². The average Bonchev–Trinajstić information content (AvgIpc) is 2.88. The molecule has 0 saturated heterocycles. The number of thioether (sulfide) groups is 1. The predicted molar refractivity (Wildman–Crippen MR) is 75.1 cm³/mol. The summed E-state index contributed by atoms with van der Waals surface area (Å²) in [5.74, 6) is 6.07. The van der Waals surface area contributed by atoms with Crippen LogP contribution in [0.1, 0.15) is 18.5 Å². The number of nitrogens with two attached hydrogens (primary N) is 1. The summed E-state index contributed by atoms with van der Waals surface area (Å²) in [6.07, 6.45) is 3.77. The van der Waals surface area contributed by atoms with Crippen molar-refractivity contribution in [1.29, 1.82) is 0 Å². The summed E-state index contributed by atoms with van der Waals surface area (Å²) in [6, 6.07) is 6.55. The van der Waals surface area contributed by atoms with Gasteiger partial charge in [0.2, 0.25) is 0 Å². The van der Waals surface area contributed by atoms with E-state index in [-0.39, 0.29) is 11.9 Å². The van der Waals surface area contributed by atoms with E-state index in [1.165, 1.54) is 12.1 Å². The Kier molecular flexibility index (Phi) is 4.95. The first kappa shape index (κ1) is 14.0. The summed E-state index contributed by atoms with van der Waals surface area (Å²) in [5.41, 5.74) is 3.81. The molecule has 2 rings (SSSR count). The van der Waals surface area contributed by atoms with Crippen LogP contribution in [0.3, 0.4) is 0 Å². The first-order valence-electron chi connectivity index (χ1n) is 6.09. The molecule has 1 aromatic carbocycles. The van der Waals surface area contributed by atoms with Crippen molar-refractivity contribution < 1.29 is 4.39 Å². The SMILES string of the molecule is CCn1cc(C(CSc2cccc(F)c2)NN)cn1. The van der Waals surface area contributed by atoms with Gasteiger partial charge in [-0.05, 0) is 25.1 Å². The number of benzene rings is 1. The lowest BCUT2D eigenvalue weighted by Crippen LogP contribution is -2.29. The van der Waals surface area contributed by atoms with Crippen molar-refractivity contribution in [1.82, 2.24) is 15.2 Å². The summed E-state index contributed by atoms with van der Waals surface area (Å²) in [6.45, 7) is 2.86. The summed E-state index contributed by atoms with van der Waals surface area (Å²) in [7, 11) is 0. The molecule has 0 amide bonds. The van der Waals surface area contributed by atoms with E-state index in [1.54, 1.807) is 24.0 Å². The smallest absolute Gasteiger partial charge is 0.124 e. The molecule has 6 heteroatoms. The second-order valence-corrected chi connectivity index (χ2v) is 5.21. The Balaban J connectivity index is 1.99. The maximum absolute atomic E-state index is 13.1. The largest absolute Gasteiger partial charge is 0.273 e. The molecule has 0 aliphatic carbocycles. The molecule has 0 fully saturated rings. The molecule has 102 valence electrons. The zero-order valence-corrected chi connectivity index (χ0v) is 11.5. The second-order valence-electron chi connectivity index (χ2n) is 4.12. The quantitative estimate of drug-likeness (QED) is 0.484. The lowest BCUT2D eigenvalue weighted by molar-refractivity contribution is 0.606. The molecule has 0 saturated carbocycles. The maximum atomic E-state index is 13.1. The van der Waals surface area contributed by atoms with E-state index >= 15 is 0 Å². The van der Waals surface area contributed by atoms with Crippen molar-refractivity contribution in [2.45, 2.75) is 24.4 Å². The molecule has 19 heavy (non-hydrogen) atoms. The van der Waals surface area contributed by atoms with E-state index < -0.39 is 0 Å². The minimum atomic E-state index is -0.221. The van der Waals surface area contributed by atoms with Crippen LogP contribution in [-0.2, 0) is 6.54 Å². The first-order chi connectivity index (χ1) is 9.22. The maximum Gasteiger partial charge on any atom is 0.124 e. The van der Waals surface area contributed by atoms with Crippen LogP contribution in [0.2, 0.25) is 0 Å². The van der Waals surface area contributed by atoms with E-state index in [9.17, 15) is 4.39 Å². The van der Waals surface area contributed by atoms with Crippen LogP contribution in [0.15, 0.2) is 41.6 Å². The lowest BCUT2D eigenvalue weighted by Gasteiger charge is -2.13. The van der Waals surface area contributed by atoms with Gasteiger partial charge in [-0.2, -0.15) is 5.10 Å². The van der Waals surface area contributed by atoms with Gasteiger partial charge in [0.05, 0.1) is 12.2 Å². The molecule has 0 radical (unpaired) electrons. The van der Waals surface area contributed by atoms with E-state index in [0.29, 0.717) is 0 Å². The fourth-order valence-electron chi connectivity index (χ4n) is 1.71. The Morgan fingerprint density at radius 2 is 2.37 bits per heavy atom. The average molecular weight is 280 g/mol. The number of hydrogen-bond acceptors (Lipinski definition) is 4. The minimum absolute atomic E-state index is 0.00596. The molecule has 1 aromatic heterocycles.